The first-order valence-electron chi connectivity index (χ1n) is 5.23. The van der Waals surface area contributed by atoms with Crippen LogP contribution in [0.1, 0.15) is 27.2 Å². The van der Waals surface area contributed by atoms with Crippen LogP contribution in [0.5, 0.6) is 0 Å². The average molecular weight is 170 g/mol. The predicted octanol–water partition coefficient (Wildman–Crippen LogP) is 1.33. The lowest BCUT2D eigenvalue weighted by Crippen LogP contribution is -2.34. The quantitative estimate of drug-likeness (QED) is 0.684. The highest BCUT2D eigenvalue weighted by atomic mass is 15.1. The van der Waals surface area contributed by atoms with Gasteiger partial charge < -0.3 is 10.2 Å². The van der Waals surface area contributed by atoms with Crippen LogP contribution in [-0.4, -0.2) is 37.1 Å². The molecule has 1 N–H and O–H groups in total. The van der Waals surface area contributed by atoms with Gasteiger partial charge in [0, 0.05) is 12.6 Å². The minimum absolute atomic E-state index is 0.727. The summed E-state index contributed by atoms with van der Waals surface area (Å²) in [4.78, 5) is 2.52. The minimum atomic E-state index is 0.727. The molecule has 2 heteroatoms. The van der Waals surface area contributed by atoms with Crippen LogP contribution in [0.2, 0.25) is 0 Å². The predicted molar refractivity (Wildman–Crippen MR) is 53.4 cm³/mol. The van der Waals surface area contributed by atoms with Crippen LogP contribution in [0.4, 0.5) is 0 Å². The van der Waals surface area contributed by atoms with E-state index in [4.69, 9.17) is 0 Å². The third-order valence-corrected chi connectivity index (χ3v) is 3.08. The van der Waals surface area contributed by atoms with E-state index in [1.807, 2.05) is 0 Å². The van der Waals surface area contributed by atoms with Crippen molar-refractivity contribution in [2.24, 2.45) is 5.92 Å². The summed E-state index contributed by atoms with van der Waals surface area (Å²) in [6.45, 7) is 11.7. The third-order valence-electron chi connectivity index (χ3n) is 3.08. The van der Waals surface area contributed by atoms with E-state index in [-0.39, 0.29) is 0 Å². The molecule has 1 rings (SSSR count). The number of rotatable bonds is 4. The second kappa shape index (κ2) is 4.83. The van der Waals surface area contributed by atoms with Crippen molar-refractivity contribution in [3.63, 3.8) is 0 Å². The van der Waals surface area contributed by atoms with Crippen molar-refractivity contribution in [2.45, 2.75) is 33.2 Å². The molecule has 0 radical (unpaired) electrons. The Morgan fingerprint density at radius 3 is 2.42 bits per heavy atom. The highest BCUT2D eigenvalue weighted by Crippen LogP contribution is 2.16. The summed E-state index contributed by atoms with van der Waals surface area (Å²) in [5.74, 6) is 0.880. The molecular formula is C10H22N2. The van der Waals surface area contributed by atoms with Gasteiger partial charge in [-0.15, -0.1) is 0 Å². The van der Waals surface area contributed by atoms with Gasteiger partial charge in [0.15, 0.2) is 0 Å². The molecule has 12 heavy (non-hydrogen) atoms. The molecule has 1 fully saturated rings. The Morgan fingerprint density at radius 1 is 1.33 bits per heavy atom. The molecule has 1 heterocycles. The molecule has 0 amide bonds. The van der Waals surface area contributed by atoms with E-state index in [9.17, 15) is 0 Å². The van der Waals surface area contributed by atoms with E-state index >= 15 is 0 Å². The summed E-state index contributed by atoms with van der Waals surface area (Å²) in [5, 5.41) is 3.50. The molecule has 1 aliphatic rings. The molecule has 2 nitrogen and oxygen atoms in total. The Hall–Kier alpha value is -0.0800. The molecule has 1 saturated heterocycles. The van der Waals surface area contributed by atoms with Crippen LogP contribution >= 0.6 is 0 Å². The van der Waals surface area contributed by atoms with Gasteiger partial charge >= 0.3 is 0 Å². The highest BCUT2D eigenvalue weighted by Gasteiger charge is 2.23. The normalized spacial score (nSPS) is 30.0. The zero-order valence-corrected chi connectivity index (χ0v) is 8.64. The van der Waals surface area contributed by atoms with Gasteiger partial charge in [0.05, 0.1) is 0 Å². The van der Waals surface area contributed by atoms with Crippen LogP contribution in [0.15, 0.2) is 0 Å². The average Bonchev–Trinajstić information content (AvgIpc) is 2.47. The molecule has 0 spiro atoms. The molecular weight excluding hydrogens is 148 g/mol. The fraction of sp³-hybridized carbons (Fsp3) is 1.00. The van der Waals surface area contributed by atoms with Gasteiger partial charge in [0.1, 0.15) is 0 Å². The second-order valence-electron chi connectivity index (χ2n) is 3.78. The molecule has 0 bridgehead atoms. The Kier molecular flexibility index (Phi) is 4.02. The molecule has 0 aromatic heterocycles. The van der Waals surface area contributed by atoms with Gasteiger partial charge in [-0.1, -0.05) is 13.8 Å². The zero-order chi connectivity index (χ0) is 8.97. The highest BCUT2D eigenvalue weighted by molar-refractivity contribution is 4.81. The molecule has 0 aromatic rings. The van der Waals surface area contributed by atoms with E-state index in [1.54, 1.807) is 0 Å². The maximum atomic E-state index is 3.50. The van der Waals surface area contributed by atoms with Gasteiger partial charge in [-0.05, 0) is 38.9 Å². The lowest BCUT2D eigenvalue weighted by molar-refractivity contribution is 0.244. The summed E-state index contributed by atoms with van der Waals surface area (Å²) in [6, 6.07) is 0.727. The van der Waals surface area contributed by atoms with Crippen LogP contribution in [0, 0.1) is 5.92 Å². The number of nitrogens with zero attached hydrogens (tertiary/aromatic N) is 1. The molecule has 2 unspecified atom stereocenters. The van der Waals surface area contributed by atoms with Crippen molar-refractivity contribution in [2.75, 3.05) is 26.2 Å². The van der Waals surface area contributed by atoms with Crippen LogP contribution in [0.3, 0.4) is 0 Å². The molecule has 1 aliphatic heterocycles. The van der Waals surface area contributed by atoms with Crippen molar-refractivity contribution in [3.05, 3.63) is 0 Å². The zero-order valence-electron chi connectivity index (χ0n) is 8.64. The Labute approximate surface area is 76.3 Å². The third kappa shape index (κ3) is 2.46. The van der Waals surface area contributed by atoms with Gasteiger partial charge in [0.2, 0.25) is 0 Å². The summed E-state index contributed by atoms with van der Waals surface area (Å²) in [6.07, 6.45) is 1.36. The van der Waals surface area contributed by atoms with Crippen molar-refractivity contribution >= 4 is 0 Å². The van der Waals surface area contributed by atoms with E-state index in [0.29, 0.717) is 0 Å². The first kappa shape index (κ1) is 10.0. The Balaban J connectivity index is 2.28. The van der Waals surface area contributed by atoms with Gasteiger partial charge in [-0.25, -0.2) is 0 Å². The van der Waals surface area contributed by atoms with Crippen molar-refractivity contribution in [3.8, 4) is 0 Å². The van der Waals surface area contributed by atoms with Gasteiger partial charge in [0.25, 0.3) is 0 Å². The largest absolute Gasteiger partial charge is 0.314 e. The number of hydrogen-bond donors (Lipinski definition) is 1. The standard InChI is InChI=1S/C10H22N2/c1-4-12(5-2)8-10-6-7-11-9(10)3/h9-11H,4-8H2,1-3H3. The number of nitrogens with one attached hydrogen (secondary N) is 1. The van der Waals surface area contributed by atoms with Crippen LogP contribution in [0.25, 0.3) is 0 Å². The monoisotopic (exact) mass is 170 g/mol. The first-order chi connectivity index (χ1) is 5.77. The fourth-order valence-corrected chi connectivity index (χ4v) is 1.98. The molecule has 0 saturated carbocycles. The Bertz CT molecular complexity index is 121. The maximum absolute atomic E-state index is 3.50. The van der Waals surface area contributed by atoms with Crippen LogP contribution < -0.4 is 5.32 Å². The first-order valence-corrected chi connectivity index (χ1v) is 5.23. The number of hydrogen-bond acceptors (Lipinski definition) is 2. The lowest BCUT2D eigenvalue weighted by Gasteiger charge is -2.24. The van der Waals surface area contributed by atoms with Gasteiger partial charge in [-0.3, -0.25) is 0 Å². The topological polar surface area (TPSA) is 15.3 Å². The lowest BCUT2D eigenvalue weighted by atomic mass is 10.0. The summed E-state index contributed by atoms with van der Waals surface area (Å²) < 4.78 is 0. The van der Waals surface area contributed by atoms with E-state index in [1.165, 1.54) is 32.6 Å². The summed E-state index contributed by atoms with van der Waals surface area (Å²) in [5.41, 5.74) is 0. The smallest absolute Gasteiger partial charge is 0.00796 e. The van der Waals surface area contributed by atoms with E-state index in [2.05, 4.69) is 31.0 Å². The van der Waals surface area contributed by atoms with Gasteiger partial charge in [-0.2, -0.15) is 0 Å². The molecule has 0 aromatic carbocycles. The molecule has 0 aliphatic carbocycles. The molecule has 72 valence electrons. The second-order valence-corrected chi connectivity index (χ2v) is 3.78. The molecule has 2 atom stereocenters. The SMILES string of the molecule is CCN(CC)CC1CCNC1C. The summed E-state index contributed by atoms with van der Waals surface area (Å²) in [7, 11) is 0. The maximum Gasteiger partial charge on any atom is 0.00796 e. The van der Waals surface area contributed by atoms with Crippen molar-refractivity contribution in [1.82, 2.24) is 10.2 Å². The van der Waals surface area contributed by atoms with E-state index in [0.717, 1.165) is 12.0 Å². The summed E-state index contributed by atoms with van der Waals surface area (Å²) >= 11 is 0. The Morgan fingerprint density at radius 2 is 2.00 bits per heavy atom. The van der Waals surface area contributed by atoms with E-state index < -0.39 is 0 Å². The fourth-order valence-electron chi connectivity index (χ4n) is 1.98. The van der Waals surface area contributed by atoms with Crippen molar-refractivity contribution in [1.29, 1.82) is 0 Å². The minimum Gasteiger partial charge on any atom is -0.314 e. The van der Waals surface area contributed by atoms with Crippen LogP contribution in [-0.2, 0) is 0 Å². The van der Waals surface area contributed by atoms with Crippen molar-refractivity contribution < 1.29 is 0 Å².